The normalized spacial score (nSPS) is 29.1. The molecule has 0 amide bonds. The van der Waals surface area contributed by atoms with Crippen LogP contribution >= 0.6 is 0 Å². The molecule has 1 saturated carbocycles. The molecule has 0 aromatic heterocycles. The summed E-state index contributed by atoms with van der Waals surface area (Å²) in [6, 6.07) is 0. The van der Waals surface area contributed by atoms with Gasteiger partial charge in [0.25, 0.3) is 0 Å². The van der Waals surface area contributed by atoms with Crippen LogP contribution in [0.1, 0.15) is 46.5 Å². The van der Waals surface area contributed by atoms with Crippen LogP contribution in [0.25, 0.3) is 0 Å². The highest BCUT2D eigenvalue weighted by Crippen LogP contribution is 2.31. The Morgan fingerprint density at radius 3 is 2.80 bits per heavy atom. The van der Waals surface area contributed by atoms with Gasteiger partial charge in [-0.15, -0.1) is 0 Å². The van der Waals surface area contributed by atoms with Crippen LogP contribution in [0.4, 0.5) is 0 Å². The Morgan fingerprint density at radius 2 is 2.20 bits per heavy atom. The lowest BCUT2D eigenvalue weighted by molar-refractivity contribution is 0.284. The minimum absolute atomic E-state index is 0.626. The van der Waals surface area contributed by atoms with Gasteiger partial charge in [-0.25, -0.2) is 0 Å². The van der Waals surface area contributed by atoms with Crippen LogP contribution in [0.2, 0.25) is 0 Å². The van der Waals surface area contributed by atoms with Gasteiger partial charge in [0.05, 0.1) is 5.82 Å². The number of nitrogens with zero attached hydrogens (tertiary/aromatic N) is 1. The molecule has 2 heteroatoms. The van der Waals surface area contributed by atoms with E-state index in [1.807, 2.05) is 0 Å². The molecule has 0 radical (unpaired) electrons. The maximum absolute atomic E-state index is 4.25. The third kappa shape index (κ3) is 4.16. The van der Waals surface area contributed by atoms with E-state index >= 15 is 0 Å². The molecule has 0 aromatic rings. The lowest BCUT2D eigenvalue weighted by Crippen LogP contribution is -2.34. The topological polar surface area (TPSA) is 15.3 Å². The Kier molecular flexibility index (Phi) is 5.33. The molecule has 1 fully saturated rings. The van der Waals surface area contributed by atoms with Crippen molar-refractivity contribution in [2.24, 2.45) is 17.8 Å². The van der Waals surface area contributed by atoms with Crippen LogP contribution in [0.15, 0.2) is 36.3 Å². The van der Waals surface area contributed by atoms with E-state index in [2.05, 4.69) is 55.8 Å². The van der Waals surface area contributed by atoms with E-state index in [4.69, 9.17) is 0 Å². The van der Waals surface area contributed by atoms with Crippen LogP contribution < -0.4 is 5.32 Å². The minimum atomic E-state index is 0.626. The zero-order chi connectivity index (χ0) is 14.5. The van der Waals surface area contributed by atoms with Crippen LogP contribution in [0.5, 0.6) is 0 Å². The Hall–Kier alpha value is -1.18. The predicted octanol–water partition coefficient (Wildman–Crippen LogP) is 4.29. The summed E-state index contributed by atoms with van der Waals surface area (Å²) in [5, 5.41) is 3.49. The molecule has 0 spiro atoms. The van der Waals surface area contributed by atoms with Gasteiger partial charge in [-0.3, -0.25) is 0 Å². The van der Waals surface area contributed by atoms with E-state index in [-0.39, 0.29) is 0 Å². The van der Waals surface area contributed by atoms with Crippen molar-refractivity contribution in [2.75, 3.05) is 13.1 Å². The second-order valence-corrected chi connectivity index (χ2v) is 6.63. The molecule has 2 nitrogen and oxygen atoms in total. The molecule has 2 aliphatic rings. The van der Waals surface area contributed by atoms with Crippen molar-refractivity contribution in [3.05, 3.63) is 36.3 Å². The minimum Gasteiger partial charge on any atom is -0.359 e. The molecule has 0 aliphatic heterocycles. The van der Waals surface area contributed by atoms with Crippen LogP contribution in [0.3, 0.4) is 0 Å². The lowest BCUT2D eigenvalue weighted by Gasteiger charge is -2.29. The average Bonchev–Trinajstić information content (AvgIpc) is 2.81. The second-order valence-electron chi connectivity index (χ2n) is 6.63. The smallest absolute Gasteiger partial charge is 0.0983 e. The molecule has 3 unspecified atom stereocenters. The maximum atomic E-state index is 4.25. The highest BCUT2D eigenvalue weighted by Gasteiger charge is 2.23. The van der Waals surface area contributed by atoms with E-state index in [9.17, 15) is 0 Å². The molecular weight excluding hydrogens is 244 g/mol. The highest BCUT2D eigenvalue weighted by molar-refractivity contribution is 5.25. The van der Waals surface area contributed by atoms with Gasteiger partial charge in [0.1, 0.15) is 0 Å². The van der Waals surface area contributed by atoms with Crippen LogP contribution in [0, 0.1) is 17.8 Å². The zero-order valence-corrected chi connectivity index (χ0v) is 13.4. The third-order valence-corrected chi connectivity index (χ3v) is 4.60. The average molecular weight is 274 g/mol. The highest BCUT2D eigenvalue weighted by atomic mass is 15.2. The van der Waals surface area contributed by atoms with Crippen molar-refractivity contribution < 1.29 is 0 Å². The summed E-state index contributed by atoms with van der Waals surface area (Å²) in [7, 11) is 0. The van der Waals surface area contributed by atoms with Gasteiger partial charge in [0, 0.05) is 18.8 Å². The maximum Gasteiger partial charge on any atom is 0.0983 e. The summed E-state index contributed by atoms with van der Waals surface area (Å²) in [4.78, 5) is 2.40. The van der Waals surface area contributed by atoms with Gasteiger partial charge in [0.15, 0.2) is 0 Å². The standard InChI is InChI=1S/C18H30N2/c1-5-20(13-17-10-9-15(3)11-17)16(4)19-18-8-6-7-14(2)12-18/h6,8,12,14-15,17,19H,4-5,7,9-11,13H2,1-3H3. The van der Waals surface area contributed by atoms with Crippen LogP contribution in [-0.4, -0.2) is 18.0 Å². The third-order valence-electron chi connectivity index (χ3n) is 4.60. The number of allylic oxidation sites excluding steroid dienone is 3. The van der Waals surface area contributed by atoms with E-state index in [1.54, 1.807) is 0 Å². The number of nitrogens with one attached hydrogen (secondary N) is 1. The van der Waals surface area contributed by atoms with Gasteiger partial charge in [0.2, 0.25) is 0 Å². The van der Waals surface area contributed by atoms with Crippen molar-refractivity contribution in [1.29, 1.82) is 0 Å². The summed E-state index contributed by atoms with van der Waals surface area (Å²) in [6.07, 6.45) is 12.0. The first-order chi connectivity index (χ1) is 9.58. The van der Waals surface area contributed by atoms with Crippen molar-refractivity contribution in [2.45, 2.75) is 46.5 Å². The Balaban J connectivity index is 1.87. The monoisotopic (exact) mass is 274 g/mol. The fourth-order valence-electron chi connectivity index (χ4n) is 3.40. The zero-order valence-electron chi connectivity index (χ0n) is 13.4. The summed E-state index contributed by atoms with van der Waals surface area (Å²) in [5.41, 5.74) is 1.20. The first-order valence-electron chi connectivity index (χ1n) is 8.17. The molecule has 2 rings (SSSR count). The molecule has 0 aromatic carbocycles. The number of hydrogen-bond donors (Lipinski definition) is 1. The van der Waals surface area contributed by atoms with Crippen molar-refractivity contribution in [1.82, 2.24) is 10.2 Å². The predicted molar refractivity (Wildman–Crippen MR) is 87.0 cm³/mol. The van der Waals surface area contributed by atoms with Crippen molar-refractivity contribution >= 4 is 0 Å². The van der Waals surface area contributed by atoms with Crippen molar-refractivity contribution in [3.63, 3.8) is 0 Å². The fraction of sp³-hybridized carbons (Fsp3) is 0.667. The summed E-state index contributed by atoms with van der Waals surface area (Å²) in [5.74, 6) is 3.43. The molecule has 2 aliphatic carbocycles. The Morgan fingerprint density at radius 1 is 1.40 bits per heavy atom. The lowest BCUT2D eigenvalue weighted by atomic mass is 10.0. The Bertz CT molecular complexity index is 394. The first kappa shape index (κ1) is 15.2. The summed E-state index contributed by atoms with van der Waals surface area (Å²) < 4.78 is 0. The molecule has 0 bridgehead atoms. The van der Waals surface area contributed by atoms with Crippen molar-refractivity contribution in [3.8, 4) is 0 Å². The molecule has 0 saturated heterocycles. The Labute approximate surface area is 124 Å². The molecule has 3 atom stereocenters. The van der Waals surface area contributed by atoms with E-state index < -0.39 is 0 Å². The van der Waals surface area contributed by atoms with Gasteiger partial charge >= 0.3 is 0 Å². The molecule has 1 N–H and O–H groups in total. The SMILES string of the molecule is C=C(NC1=CC(C)CC=C1)N(CC)CC1CCC(C)C1. The van der Waals surface area contributed by atoms with Gasteiger partial charge in [-0.2, -0.15) is 0 Å². The van der Waals surface area contributed by atoms with Gasteiger partial charge < -0.3 is 10.2 Å². The second kappa shape index (κ2) is 7.01. The van der Waals surface area contributed by atoms with E-state index in [0.29, 0.717) is 5.92 Å². The quantitative estimate of drug-likeness (QED) is 0.777. The first-order valence-corrected chi connectivity index (χ1v) is 8.17. The van der Waals surface area contributed by atoms with E-state index in [0.717, 1.165) is 37.2 Å². The summed E-state index contributed by atoms with van der Waals surface area (Å²) in [6.45, 7) is 13.3. The fourth-order valence-corrected chi connectivity index (χ4v) is 3.40. The van der Waals surface area contributed by atoms with E-state index in [1.165, 1.54) is 25.0 Å². The molecule has 0 heterocycles. The van der Waals surface area contributed by atoms with Gasteiger partial charge in [-0.1, -0.05) is 39.0 Å². The van der Waals surface area contributed by atoms with Crippen LogP contribution in [-0.2, 0) is 0 Å². The number of rotatable bonds is 6. The summed E-state index contributed by atoms with van der Waals surface area (Å²) >= 11 is 0. The molecular formula is C18H30N2. The molecule has 20 heavy (non-hydrogen) atoms. The largest absolute Gasteiger partial charge is 0.359 e. The van der Waals surface area contributed by atoms with Gasteiger partial charge in [-0.05, 0) is 50.0 Å². The molecule has 112 valence electrons. The number of hydrogen-bond acceptors (Lipinski definition) is 2.